The van der Waals surface area contributed by atoms with Crippen molar-refractivity contribution < 1.29 is 13.2 Å². The second-order valence-electron chi connectivity index (χ2n) is 6.12. The van der Waals surface area contributed by atoms with Crippen molar-refractivity contribution >= 4 is 11.5 Å². The Kier molecular flexibility index (Phi) is 5.00. The van der Waals surface area contributed by atoms with Crippen molar-refractivity contribution in [2.45, 2.75) is 24.9 Å². The number of dihydropyridines is 1. The van der Waals surface area contributed by atoms with Crippen molar-refractivity contribution in [3.63, 3.8) is 0 Å². The van der Waals surface area contributed by atoms with Gasteiger partial charge in [-0.1, -0.05) is 24.8 Å². The second-order valence-corrected chi connectivity index (χ2v) is 6.12. The summed E-state index contributed by atoms with van der Waals surface area (Å²) in [5, 5.41) is 0. The van der Waals surface area contributed by atoms with E-state index in [0.29, 0.717) is 17.8 Å². The first-order valence-electron chi connectivity index (χ1n) is 8.33. The number of alkyl halides is 3. The zero-order valence-electron chi connectivity index (χ0n) is 14.6. The van der Waals surface area contributed by atoms with Crippen molar-refractivity contribution in [2.24, 2.45) is 4.99 Å². The Morgan fingerprint density at radius 3 is 2.63 bits per heavy atom. The highest BCUT2D eigenvalue weighted by molar-refractivity contribution is 6.00. The zero-order valence-corrected chi connectivity index (χ0v) is 14.6. The first-order chi connectivity index (χ1) is 12.8. The predicted molar refractivity (Wildman–Crippen MR) is 98.3 cm³/mol. The van der Waals surface area contributed by atoms with Crippen LogP contribution in [0.2, 0.25) is 0 Å². The summed E-state index contributed by atoms with van der Waals surface area (Å²) in [5.41, 5.74) is 5.90. The predicted octanol–water partition coefficient (Wildman–Crippen LogP) is 3.48. The van der Waals surface area contributed by atoms with E-state index in [9.17, 15) is 13.2 Å². The Hall–Kier alpha value is -3.14. The van der Waals surface area contributed by atoms with E-state index in [1.54, 1.807) is 24.4 Å². The maximum atomic E-state index is 13.0. The van der Waals surface area contributed by atoms with Crippen LogP contribution in [-0.4, -0.2) is 28.4 Å². The van der Waals surface area contributed by atoms with Gasteiger partial charge in [-0.05, 0) is 42.3 Å². The minimum absolute atomic E-state index is 0.124. The molecule has 0 aromatic carbocycles. The molecule has 1 atom stereocenters. The van der Waals surface area contributed by atoms with Crippen LogP contribution < -0.4 is 5.73 Å². The third-order valence-corrected chi connectivity index (χ3v) is 4.23. The third-order valence-electron chi connectivity index (χ3n) is 4.23. The lowest BCUT2D eigenvalue weighted by molar-refractivity contribution is -0.0580. The summed E-state index contributed by atoms with van der Waals surface area (Å²) in [4.78, 5) is 12.0. The Balaban J connectivity index is 2.04. The first kappa shape index (κ1) is 18.6. The highest BCUT2D eigenvalue weighted by Gasteiger charge is 2.39. The summed E-state index contributed by atoms with van der Waals surface area (Å²) in [7, 11) is 0. The van der Waals surface area contributed by atoms with E-state index in [1.807, 2.05) is 13.0 Å². The van der Waals surface area contributed by atoms with Crippen LogP contribution in [0.4, 0.5) is 19.0 Å². The Labute approximate surface area is 155 Å². The fourth-order valence-corrected chi connectivity index (χ4v) is 2.67. The number of aliphatic imine (C=N–C) groups is 1. The van der Waals surface area contributed by atoms with Crippen LogP contribution in [0.3, 0.4) is 0 Å². The van der Waals surface area contributed by atoms with Gasteiger partial charge in [0.2, 0.25) is 0 Å². The van der Waals surface area contributed by atoms with Crippen LogP contribution >= 0.6 is 0 Å². The van der Waals surface area contributed by atoms with E-state index in [0.717, 1.165) is 17.3 Å². The number of aryl methyl sites for hydroxylation is 1. The van der Waals surface area contributed by atoms with Gasteiger partial charge in [0.25, 0.3) is 0 Å². The van der Waals surface area contributed by atoms with Crippen LogP contribution in [0.25, 0.3) is 0 Å². The van der Waals surface area contributed by atoms with Gasteiger partial charge in [-0.2, -0.15) is 13.2 Å². The molecule has 0 aliphatic carbocycles. The molecule has 0 amide bonds. The lowest BCUT2D eigenvalue weighted by Crippen LogP contribution is -2.33. The van der Waals surface area contributed by atoms with E-state index in [-0.39, 0.29) is 6.54 Å². The van der Waals surface area contributed by atoms with Crippen molar-refractivity contribution in [1.29, 1.82) is 0 Å². The minimum atomic E-state index is -4.48. The van der Waals surface area contributed by atoms with Crippen LogP contribution in [0.5, 0.6) is 0 Å². The number of halogens is 3. The Bertz CT molecular complexity index is 950. The minimum Gasteiger partial charge on any atom is -0.384 e. The Morgan fingerprint density at radius 1 is 1.22 bits per heavy atom. The molecule has 0 saturated carbocycles. The molecule has 3 heterocycles. The maximum Gasteiger partial charge on any atom is 0.432 e. The largest absolute Gasteiger partial charge is 0.432 e. The van der Waals surface area contributed by atoms with Crippen molar-refractivity contribution in [3.8, 4) is 11.8 Å². The second kappa shape index (κ2) is 7.23. The molecule has 0 radical (unpaired) electrons. The summed E-state index contributed by atoms with van der Waals surface area (Å²) in [6.07, 6.45) is 1.85. The molecule has 2 aromatic rings. The summed E-state index contributed by atoms with van der Waals surface area (Å²) in [6.45, 7) is 1.84. The fourth-order valence-electron chi connectivity index (χ4n) is 2.67. The molecule has 0 saturated heterocycles. The highest BCUT2D eigenvalue weighted by atomic mass is 19.4. The summed E-state index contributed by atoms with van der Waals surface area (Å²) < 4.78 is 38.9. The number of pyridine rings is 2. The maximum absolute atomic E-state index is 13.0. The van der Waals surface area contributed by atoms with Crippen molar-refractivity contribution in [1.82, 2.24) is 9.97 Å². The van der Waals surface area contributed by atoms with E-state index < -0.39 is 17.3 Å². The van der Waals surface area contributed by atoms with Gasteiger partial charge < -0.3 is 5.73 Å². The lowest BCUT2D eigenvalue weighted by Gasteiger charge is -2.27. The molecule has 0 bridgehead atoms. The molecule has 3 rings (SSSR count). The molecule has 2 N–H and O–H groups in total. The summed E-state index contributed by atoms with van der Waals surface area (Å²) >= 11 is 0. The molecular formula is C20H17F3N4. The van der Waals surface area contributed by atoms with Gasteiger partial charge >= 0.3 is 6.18 Å². The molecule has 1 unspecified atom stereocenters. The summed E-state index contributed by atoms with van der Waals surface area (Å²) in [5.74, 6) is 6.44. The number of hydrogen-bond acceptors (Lipinski definition) is 4. The number of allylic oxidation sites excluding steroid dienone is 1. The Morgan fingerprint density at radius 2 is 2.04 bits per heavy atom. The van der Waals surface area contributed by atoms with Crippen LogP contribution in [0.1, 0.15) is 23.7 Å². The normalized spacial score (nSPS) is 19.2. The van der Waals surface area contributed by atoms with Gasteiger partial charge in [-0.25, -0.2) is 4.98 Å². The van der Waals surface area contributed by atoms with Gasteiger partial charge in [0.05, 0.1) is 12.0 Å². The first-order valence-corrected chi connectivity index (χ1v) is 8.33. The SMILES string of the molecule is CCc1cc(C2(C#Cc3ccc(N)nc3)C=CC(C(F)(F)F)=NC2)ccn1. The molecule has 27 heavy (non-hydrogen) atoms. The summed E-state index contributed by atoms with van der Waals surface area (Å²) in [6, 6.07) is 6.95. The number of aromatic nitrogens is 2. The molecule has 1 aliphatic heterocycles. The van der Waals surface area contributed by atoms with Crippen molar-refractivity contribution in [3.05, 3.63) is 65.6 Å². The average Bonchev–Trinajstić information content (AvgIpc) is 2.67. The van der Waals surface area contributed by atoms with E-state index in [1.165, 1.54) is 12.3 Å². The molecule has 0 spiro atoms. The molecule has 0 fully saturated rings. The average molecular weight is 370 g/mol. The third kappa shape index (κ3) is 4.17. The number of rotatable bonds is 2. The van der Waals surface area contributed by atoms with Crippen molar-refractivity contribution in [2.75, 3.05) is 12.3 Å². The zero-order chi connectivity index (χ0) is 19.5. The van der Waals surface area contributed by atoms with Crippen LogP contribution in [0, 0.1) is 11.8 Å². The van der Waals surface area contributed by atoms with Gasteiger partial charge in [0.15, 0.2) is 0 Å². The molecule has 2 aromatic heterocycles. The highest BCUT2D eigenvalue weighted by Crippen LogP contribution is 2.32. The number of nitrogen functional groups attached to an aromatic ring is 1. The number of nitrogens with two attached hydrogens (primary N) is 1. The molecule has 7 heteroatoms. The number of hydrogen-bond donors (Lipinski definition) is 1. The fraction of sp³-hybridized carbons (Fsp3) is 0.250. The molecule has 4 nitrogen and oxygen atoms in total. The van der Waals surface area contributed by atoms with Gasteiger partial charge in [-0.15, -0.1) is 0 Å². The van der Waals surface area contributed by atoms with Crippen LogP contribution in [-0.2, 0) is 11.8 Å². The van der Waals surface area contributed by atoms with Gasteiger partial charge in [-0.3, -0.25) is 9.98 Å². The molecule has 1 aliphatic rings. The quantitative estimate of drug-likeness (QED) is 0.823. The molecular weight excluding hydrogens is 353 g/mol. The van der Waals surface area contributed by atoms with Gasteiger partial charge in [0, 0.05) is 23.7 Å². The number of nitrogens with zero attached hydrogens (tertiary/aromatic N) is 3. The monoisotopic (exact) mass is 370 g/mol. The van der Waals surface area contributed by atoms with Gasteiger partial charge in [0.1, 0.15) is 11.5 Å². The smallest absolute Gasteiger partial charge is 0.384 e. The van der Waals surface area contributed by atoms with E-state index in [2.05, 4.69) is 26.8 Å². The standard InChI is InChI=1S/C20H17F3N4/c1-2-16-11-15(7-10-25-16)19(8-5-14-3-4-18(24)26-12-14)9-6-17(27-13-19)20(21,22)23/h3-4,6-7,9-12H,2,13H2,1H3,(H2,24,26). The number of anilines is 1. The lowest BCUT2D eigenvalue weighted by atomic mass is 9.79. The molecule has 138 valence electrons. The van der Waals surface area contributed by atoms with E-state index >= 15 is 0 Å². The van der Waals surface area contributed by atoms with E-state index in [4.69, 9.17) is 5.73 Å². The topological polar surface area (TPSA) is 64.2 Å². The van der Waals surface area contributed by atoms with Crippen LogP contribution in [0.15, 0.2) is 53.8 Å².